The quantitative estimate of drug-likeness (QED) is 0.508. The van der Waals surface area contributed by atoms with E-state index in [0.29, 0.717) is 29.3 Å². The Hall–Kier alpha value is -2.94. The van der Waals surface area contributed by atoms with Gasteiger partial charge in [-0.15, -0.1) is 10.2 Å². The number of nitrogens with zero attached hydrogens (tertiary/aromatic N) is 4. The van der Waals surface area contributed by atoms with Gasteiger partial charge in [-0.3, -0.25) is 4.79 Å². The molecule has 0 saturated heterocycles. The molecule has 31 heavy (non-hydrogen) atoms. The maximum Gasteiger partial charge on any atom is 0.417 e. The molecule has 1 aliphatic rings. The summed E-state index contributed by atoms with van der Waals surface area (Å²) in [6, 6.07) is 7.63. The molecule has 0 radical (unpaired) electrons. The molecule has 1 atom stereocenters. The van der Waals surface area contributed by atoms with Crippen molar-refractivity contribution in [2.75, 3.05) is 0 Å². The first kappa shape index (κ1) is 21.3. The van der Waals surface area contributed by atoms with Gasteiger partial charge in [0.1, 0.15) is 5.82 Å². The molecule has 0 unspecified atom stereocenters. The second-order valence-corrected chi connectivity index (χ2v) is 7.84. The van der Waals surface area contributed by atoms with Crippen molar-refractivity contribution < 1.29 is 22.4 Å². The molecule has 0 saturated carbocycles. The van der Waals surface area contributed by atoms with Crippen LogP contribution < -0.4 is 0 Å². The highest BCUT2D eigenvalue weighted by Crippen LogP contribution is 2.37. The molecule has 5 nitrogen and oxygen atoms in total. The highest BCUT2D eigenvalue weighted by Gasteiger charge is 2.37. The summed E-state index contributed by atoms with van der Waals surface area (Å²) in [4.78, 5) is 14.5. The third kappa shape index (κ3) is 3.78. The van der Waals surface area contributed by atoms with E-state index >= 15 is 0 Å². The summed E-state index contributed by atoms with van der Waals surface area (Å²) >= 11 is 5.93. The fourth-order valence-corrected chi connectivity index (χ4v) is 3.92. The Labute approximate surface area is 180 Å². The number of hydrogen-bond donors (Lipinski definition) is 0. The van der Waals surface area contributed by atoms with Crippen molar-refractivity contribution in [2.24, 2.45) is 0 Å². The zero-order valence-corrected chi connectivity index (χ0v) is 17.3. The predicted octanol–water partition coefficient (Wildman–Crippen LogP) is 5.11. The van der Waals surface area contributed by atoms with E-state index in [2.05, 4.69) is 10.2 Å². The van der Waals surface area contributed by atoms with E-state index in [1.54, 1.807) is 30.5 Å². The highest BCUT2D eigenvalue weighted by atomic mass is 35.5. The van der Waals surface area contributed by atoms with Crippen molar-refractivity contribution in [3.8, 4) is 11.4 Å². The number of carbonyl (C=O) groups is 1. The molecule has 0 bridgehead atoms. The van der Waals surface area contributed by atoms with Crippen LogP contribution in [0.25, 0.3) is 11.4 Å². The average Bonchev–Trinajstić information content (AvgIpc) is 3.11. The standard InChI is InChI=1S/C21H17ClF4N4O/c1-11-6-7-13(8-16(11)23)19-28-27-17-10-29(12(2)9-30(17)19)20(31)14-4-3-5-15(18(14)22)21(24,25)26/h3-8,12H,9-10H2,1-2H3/t12-/m0/s1. The van der Waals surface area contributed by atoms with Crippen LogP contribution in [0.4, 0.5) is 17.6 Å². The van der Waals surface area contributed by atoms with Crippen molar-refractivity contribution >= 4 is 17.5 Å². The third-order valence-electron chi connectivity index (χ3n) is 5.34. The van der Waals surface area contributed by atoms with Crippen molar-refractivity contribution in [1.82, 2.24) is 19.7 Å². The zero-order chi connectivity index (χ0) is 22.5. The summed E-state index contributed by atoms with van der Waals surface area (Å²) in [6.45, 7) is 3.76. The monoisotopic (exact) mass is 452 g/mol. The Kier molecular flexibility index (Phi) is 5.25. The van der Waals surface area contributed by atoms with Gasteiger partial charge in [0, 0.05) is 18.2 Å². The fourth-order valence-electron chi connectivity index (χ4n) is 3.60. The summed E-state index contributed by atoms with van der Waals surface area (Å²) in [5.74, 6) is -0.0778. The van der Waals surface area contributed by atoms with Gasteiger partial charge < -0.3 is 9.47 Å². The lowest BCUT2D eigenvalue weighted by Gasteiger charge is -2.34. The van der Waals surface area contributed by atoms with E-state index in [-0.39, 0.29) is 24.0 Å². The molecular weight excluding hydrogens is 436 g/mol. The molecule has 2 aromatic carbocycles. The number of fused-ring (bicyclic) bond motifs is 1. The molecule has 1 aliphatic heterocycles. The predicted molar refractivity (Wildman–Crippen MR) is 106 cm³/mol. The number of amides is 1. The maximum atomic E-state index is 14.0. The van der Waals surface area contributed by atoms with Gasteiger partial charge in [0.05, 0.1) is 22.7 Å². The van der Waals surface area contributed by atoms with Crippen LogP contribution >= 0.6 is 11.6 Å². The molecule has 4 rings (SSSR count). The number of aromatic nitrogens is 3. The first-order valence-electron chi connectivity index (χ1n) is 9.43. The Morgan fingerprint density at radius 3 is 2.61 bits per heavy atom. The second-order valence-electron chi connectivity index (χ2n) is 7.46. The van der Waals surface area contributed by atoms with Crippen LogP contribution in [0.1, 0.15) is 34.2 Å². The summed E-state index contributed by atoms with van der Waals surface area (Å²) < 4.78 is 55.3. The number of aryl methyl sites for hydroxylation is 1. The van der Waals surface area contributed by atoms with Gasteiger partial charge in [0.15, 0.2) is 11.6 Å². The van der Waals surface area contributed by atoms with Crippen LogP contribution in [-0.4, -0.2) is 31.6 Å². The Morgan fingerprint density at radius 1 is 1.19 bits per heavy atom. The summed E-state index contributed by atoms with van der Waals surface area (Å²) in [6.07, 6.45) is -4.67. The SMILES string of the molecule is Cc1ccc(-c2nnc3n2C[C@H](C)N(C(=O)c2cccc(C(F)(F)F)c2Cl)C3)cc1F. The summed E-state index contributed by atoms with van der Waals surface area (Å²) in [5, 5.41) is 7.62. The fraction of sp³-hybridized carbons (Fsp3) is 0.286. The first-order chi connectivity index (χ1) is 14.6. The van der Waals surface area contributed by atoms with Crippen molar-refractivity contribution in [1.29, 1.82) is 0 Å². The van der Waals surface area contributed by atoms with Gasteiger partial charge in [0.25, 0.3) is 5.91 Å². The lowest BCUT2D eigenvalue weighted by atomic mass is 10.1. The molecule has 0 fully saturated rings. The van der Waals surface area contributed by atoms with Crippen LogP contribution in [-0.2, 0) is 19.3 Å². The Morgan fingerprint density at radius 2 is 1.94 bits per heavy atom. The van der Waals surface area contributed by atoms with Crippen LogP contribution in [0.5, 0.6) is 0 Å². The number of benzene rings is 2. The van der Waals surface area contributed by atoms with Gasteiger partial charge >= 0.3 is 6.18 Å². The number of hydrogen-bond acceptors (Lipinski definition) is 3. The van der Waals surface area contributed by atoms with Crippen molar-refractivity contribution in [3.05, 3.63) is 69.8 Å². The lowest BCUT2D eigenvalue weighted by molar-refractivity contribution is -0.137. The van der Waals surface area contributed by atoms with Crippen molar-refractivity contribution in [3.63, 3.8) is 0 Å². The van der Waals surface area contributed by atoms with E-state index in [4.69, 9.17) is 11.6 Å². The van der Waals surface area contributed by atoms with E-state index < -0.39 is 22.7 Å². The van der Waals surface area contributed by atoms with Crippen LogP contribution in [0.15, 0.2) is 36.4 Å². The van der Waals surface area contributed by atoms with Gasteiger partial charge in [-0.05, 0) is 37.6 Å². The number of halogens is 5. The number of alkyl halides is 3. The van der Waals surface area contributed by atoms with Gasteiger partial charge in [-0.1, -0.05) is 29.8 Å². The number of rotatable bonds is 2. The van der Waals surface area contributed by atoms with Crippen LogP contribution in [0.2, 0.25) is 5.02 Å². The zero-order valence-electron chi connectivity index (χ0n) is 16.5. The highest BCUT2D eigenvalue weighted by molar-refractivity contribution is 6.34. The summed E-state index contributed by atoms with van der Waals surface area (Å²) in [7, 11) is 0. The smallest absolute Gasteiger partial charge is 0.327 e. The minimum absolute atomic E-state index is 0.0356. The van der Waals surface area contributed by atoms with Gasteiger partial charge in [-0.25, -0.2) is 4.39 Å². The van der Waals surface area contributed by atoms with E-state index in [9.17, 15) is 22.4 Å². The minimum Gasteiger partial charge on any atom is -0.327 e. The largest absolute Gasteiger partial charge is 0.417 e. The van der Waals surface area contributed by atoms with E-state index in [1.807, 2.05) is 0 Å². The molecule has 0 N–H and O–H groups in total. The minimum atomic E-state index is -4.67. The topological polar surface area (TPSA) is 51.0 Å². The lowest BCUT2D eigenvalue weighted by Crippen LogP contribution is -2.45. The van der Waals surface area contributed by atoms with Gasteiger partial charge in [-0.2, -0.15) is 13.2 Å². The molecule has 1 aromatic heterocycles. The normalized spacial score (nSPS) is 16.4. The molecule has 10 heteroatoms. The van der Waals surface area contributed by atoms with E-state index in [1.165, 1.54) is 17.0 Å². The molecular formula is C21H17ClF4N4O. The first-order valence-corrected chi connectivity index (χ1v) is 9.81. The number of carbonyl (C=O) groups excluding carboxylic acids is 1. The Bertz CT molecular complexity index is 1170. The third-order valence-corrected chi connectivity index (χ3v) is 5.75. The van der Waals surface area contributed by atoms with Crippen molar-refractivity contribution in [2.45, 2.75) is 39.2 Å². The Balaban J connectivity index is 1.66. The van der Waals surface area contributed by atoms with Crippen LogP contribution in [0, 0.1) is 12.7 Å². The molecule has 162 valence electrons. The summed E-state index contributed by atoms with van der Waals surface area (Å²) in [5.41, 5.74) is -0.228. The van der Waals surface area contributed by atoms with Crippen LogP contribution in [0.3, 0.4) is 0 Å². The molecule has 0 aliphatic carbocycles. The average molecular weight is 453 g/mol. The maximum absolute atomic E-state index is 14.0. The molecule has 3 aromatic rings. The molecule has 1 amide bonds. The molecule has 2 heterocycles. The van der Waals surface area contributed by atoms with Gasteiger partial charge in [0.2, 0.25) is 0 Å². The van der Waals surface area contributed by atoms with E-state index in [0.717, 1.165) is 12.1 Å². The molecule has 0 spiro atoms. The second kappa shape index (κ2) is 7.64.